The van der Waals surface area contributed by atoms with Gasteiger partial charge in [0, 0.05) is 12.8 Å². The van der Waals surface area contributed by atoms with Crippen LogP contribution in [0.4, 0.5) is 0 Å². The van der Waals surface area contributed by atoms with Crippen LogP contribution in [0.3, 0.4) is 0 Å². The van der Waals surface area contributed by atoms with Crippen molar-refractivity contribution < 1.29 is 37.3 Å². The number of hydrogen-bond donors (Lipinski definition) is 2. The molecule has 1 amide bonds. The van der Waals surface area contributed by atoms with E-state index in [9.17, 15) is 19.0 Å². The molecule has 0 aromatic heterocycles. The molecule has 0 heterocycles. The molecule has 0 spiro atoms. The molecule has 2 N–H and O–H groups in total. The molecule has 0 saturated carbocycles. The number of esters is 1. The smallest absolute Gasteiger partial charge is 0.456 e. The van der Waals surface area contributed by atoms with Crippen molar-refractivity contribution in [3.63, 3.8) is 0 Å². The van der Waals surface area contributed by atoms with E-state index in [-0.39, 0.29) is 31.5 Å². The molecule has 0 aromatic carbocycles. The van der Waals surface area contributed by atoms with Gasteiger partial charge in [0.05, 0.1) is 33.8 Å². The minimum atomic E-state index is -4.47. The third-order valence-electron chi connectivity index (χ3n) is 15.0. The van der Waals surface area contributed by atoms with E-state index in [4.69, 9.17) is 13.8 Å². The Hall–Kier alpha value is -3.07. The van der Waals surface area contributed by atoms with E-state index in [2.05, 4.69) is 111 Å². The summed E-state index contributed by atoms with van der Waals surface area (Å²) in [4.78, 5) is 37.9. The number of ether oxygens (including phenoxy) is 1. The molecule has 0 radical (unpaired) electrons. The maximum Gasteiger partial charge on any atom is 0.472 e. The maximum absolute atomic E-state index is 13.6. The van der Waals surface area contributed by atoms with Crippen molar-refractivity contribution in [1.29, 1.82) is 0 Å². The first kappa shape index (κ1) is 79.9. The minimum absolute atomic E-state index is 0.0317. The lowest BCUT2D eigenvalue weighted by molar-refractivity contribution is -0.870. The summed E-state index contributed by atoms with van der Waals surface area (Å²) in [5, 5.41) is 3.06. The van der Waals surface area contributed by atoms with Crippen LogP contribution in [0.1, 0.15) is 303 Å². The number of carbonyl (C=O) groups excluding carboxylic acids is 2. The van der Waals surface area contributed by atoms with Gasteiger partial charge in [-0.05, 0) is 115 Å². The second kappa shape index (κ2) is 62.0. The number of hydrogen-bond acceptors (Lipinski definition) is 6. The SMILES string of the molecule is CCCCC/C=C\C/C=C\C/C=C\C/C=C\CCCCCCCC(=O)NC(COP(=O)(O)OCC[N+](C)(C)C)C(/C=C/CCCCCCCCCCCCC)OC(=O)CCCCCCCCCCCC/C=C\C/C=C\C/C=C\CCCCC. The van der Waals surface area contributed by atoms with E-state index in [1.165, 1.54) is 161 Å². The van der Waals surface area contributed by atoms with Crippen LogP contribution < -0.4 is 5.32 Å². The molecule has 0 bridgehead atoms. The summed E-state index contributed by atoms with van der Waals surface area (Å²) in [6.45, 7) is 6.96. The Balaban J connectivity index is 5.21. The molecule has 0 fully saturated rings. The first-order chi connectivity index (χ1) is 40.4. The monoisotopic (exact) mass is 1180 g/mol. The molecule has 0 aliphatic carbocycles. The molecule has 0 aliphatic heterocycles. The Morgan fingerprint density at radius 1 is 0.422 bits per heavy atom. The quantitative estimate of drug-likeness (QED) is 0.0205. The molecule has 3 unspecified atom stereocenters. The predicted molar refractivity (Wildman–Crippen MR) is 360 cm³/mol. The van der Waals surface area contributed by atoms with Gasteiger partial charge in [-0.1, -0.05) is 272 Å². The summed E-state index contributed by atoms with van der Waals surface area (Å²) in [5.74, 6) is -0.528. The third kappa shape index (κ3) is 63.3. The second-order valence-electron chi connectivity index (χ2n) is 24.3. The molecular weight excluding hydrogens is 1050 g/mol. The molecule has 9 nitrogen and oxygen atoms in total. The summed E-state index contributed by atoms with van der Waals surface area (Å²) in [6.07, 6.45) is 84.0. The lowest BCUT2D eigenvalue weighted by Crippen LogP contribution is -2.47. The van der Waals surface area contributed by atoms with E-state index in [1.54, 1.807) is 0 Å². The molecule has 83 heavy (non-hydrogen) atoms. The van der Waals surface area contributed by atoms with Crippen LogP contribution in [0, 0.1) is 0 Å². The van der Waals surface area contributed by atoms with Crippen molar-refractivity contribution >= 4 is 19.7 Å². The second-order valence-corrected chi connectivity index (χ2v) is 25.8. The summed E-state index contributed by atoms with van der Waals surface area (Å²) in [7, 11) is 1.47. The Labute approximate surface area is 513 Å². The average molecular weight is 1180 g/mol. The predicted octanol–water partition coefficient (Wildman–Crippen LogP) is 21.9. The van der Waals surface area contributed by atoms with Crippen molar-refractivity contribution in [3.8, 4) is 0 Å². The number of carbonyl (C=O) groups is 2. The van der Waals surface area contributed by atoms with Gasteiger partial charge in [-0.3, -0.25) is 18.6 Å². The molecule has 10 heteroatoms. The van der Waals surface area contributed by atoms with Gasteiger partial charge in [-0.15, -0.1) is 0 Å². The van der Waals surface area contributed by atoms with Gasteiger partial charge >= 0.3 is 13.8 Å². The lowest BCUT2D eigenvalue weighted by atomic mass is 10.0. The highest BCUT2D eigenvalue weighted by atomic mass is 31.2. The van der Waals surface area contributed by atoms with Gasteiger partial charge in [-0.25, -0.2) is 4.57 Å². The zero-order chi connectivity index (χ0) is 60.7. The van der Waals surface area contributed by atoms with Crippen LogP contribution in [-0.2, 0) is 27.9 Å². The number of nitrogens with one attached hydrogen (secondary N) is 1. The molecular formula is C73H132N2O7P+. The Morgan fingerprint density at radius 2 is 0.735 bits per heavy atom. The first-order valence-corrected chi connectivity index (χ1v) is 36.1. The van der Waals surface area contributed by atoms with Gasteiger partial charge in [0.2, 0.25) is 5.91 Å². The number of rotatable bonds is 62. The molecule has 0 aliphatic rings. The molecule has 3 atom stereocenters. The molecule has 0 saturated heterocycles. The van der Waals surface area contributed by atoms with Crippen LogP contribution in [-0.4, -0.2) is 74.3 Å². The van der Waals surface area contributed by atoms with Crippen molar-refractivity contribution in [2.24, 2.45) is 0 Å². The fourth-order valence-corrected chi connectivity index (χ4v) is 10.4. The topological polar surface area (TPSA) is 111 Å². The van der Waals surface area contributed by atoms with Crippen molar-refractivity contribution in [1.82, 2.24) is 5.32 Å². The van der Waals surface area contributed by atoms with Crippen molar-refractivity contribution in [2.45, 2.75) is 315 Å². The number of unbranched alkanes of at least 4 members (excludes halogenated alkanes) is 32. The Bertz CT molecular complexity index is 1740. The summed E-state index contributed by atoms with van der Waals surface area (Å²) < 4.78 is 30.8. The number of nitrogens with zero attached hydrogens (tertiary/aromatic N) is 1. The highest BCUT2D eigenvalue weighted by Gasteiger charge is 2.30. The van der Waals surface area contributed by atoms with Crippen LogP contribution in [0.2, 0.25) is 0 Å². The van der Waals surface area contributed by atoms with Gasteiger partial charge in [0.1, 0.15) is 19.3 Å². The molecule has 480 valence electrons. The number of phosphoric acid groups is 1. The first-order valence-electron chi connectivity index (χ1n) is 34.6. The van der Waals surface area contributed by atoms with Crippen LogP contribution in [0.15, 0.2) is 97.2 Å². The van der Waals surface area contributed by atoms with E-state index in [0.717, 1.165) is 109 Å². The average Bonchev–Trinajstić information content (AvgIpc) is 3.46. The highest BCUT2D eigenvalue weighted by Crippen LogP contribution is 2.43. The zero-order valence-electron chi connectivity index (χ0n) is 54.9. The van der Waals surface area contributed by atoms with Gasteiger partial charge in [-0.2, -0.15) is 0 Å². The number of likely N-dealkylation sites (N-methyl/N-ethyl adjacent to an activating group) is 1. The third-order valence-corrected chi connectivity index (χ3v) is 16.0. The van der Waals surface area contributed by atoms with Crippen LogP contribution >= 0.6 is 7.82 Å². The van der Waals surface area contributed by atoms with Gasteiger partial charge in [0.15, 0.2) is 0 Å². The Morgan fingerprint density at radius 3 is 1.12 bits per heavy atom. The zero-order valence-corrected chi connectivity index (χ0v) is 55.8. The highest BCUT2D eigenvalue weighted by molar-refractivity contribution is 7.47. The Kier molecular flexibility index (Phi) is 59.7. The normalized spacial score (nSPS) is 14.2. The largest absolute Gasteiger partial charge is 0.472 e. The number of phosphoric ester groups is 1. The maximum atomic E-state index is 13.6. The summed E-state index contributed by atoms with van der Waals surface area (Å²) >= 11 is 0. The molecule has 0 aromatic rings. The standard InChI is InChI=1S/C73H131N2O7P/c1-7-10-13-16-19-22-25-28-30-32-34-36-37-39-41-43-45-48-51-54-57-60-63-66-73(77)82-71(64-61-58-55-52-49-46-27-24-21-18-15-12-9-3)70(69-81-83(78,79)80-68-67-75(4,5)6)74-72(76)65-62-59-56-53-50-47-44-42-40-38-35-33-31-29-26-23-20-17-14-11-8-2/h19-20,22-23,28-31,34-36,38,42,44,61,64,70-71H,7-18,21,24-27,32-33,37,39-41,43,45-60,62-63,65-69H2,1-6H3,(H-,74,76,78,79)/p+1/b22-19-,23-20-,30-28-,31-29-,36-34-,38-35-,44-42-,64-61+. The van der Waals surface area contributed by atoms with E-state index >= 15 is 0 Å². The van der Waals surface area contributed by atoms with Crippen LogP contribution in [0.5, 0.6) is 0 Å². The van der Waals surface area contributed by atoms with E-state index in [0.29, 0.717) is 17.4 Å². The van der Waals surface area contributed by atoms with Crippen molar-refractivity contribution in [3.05, 3.63) is 97.2 Å². The van der Waals surface area contributed by atoms with E-state index < -0.39 is 20.0 Å². The molecule has 0 rings (SSSR count). The van der Waals surface area contributed by atoms with Crippen molar-refractivity contribution in [2.75, 3.05) is 40.9 Å². The minimum Gasteiger partial charge on any atom is -0.456 e. The van der Waals surface area contributed by atoms with Crippen LogP contribution in [0.25, 0.3) is 0 Å². The van der Waals surface area contributed by atoms with Gasteiger partial charge in [0.25, 0.3) is 0 Å². The van der Waals surface area contributed by atoms with E-state index in [1.807, 2.05) is 33.3 Å². The fraction of sp³-hybridized carbons (Fsp3) is 0.753. The fourth-order valence-electron chi connectivity index (χ4n) is 9.64. The number of quaternary nitrogens is 1. The summed E-state index contributed by atoms with van der Waals surface area (Å²) in [6, 6.07) is -0.866. The lowest BCUT2D eigenvalue weighted by Gasteiger charge is -2.27. The summed E-state index contributed by atoms with van der Waals surface area (Å²) in [5.41, 5.74) is 0. The number of allylic oxidation sites excluding steroid dienone is 15. The van der Waals surface area contributed by atoms with Gasteiger partial charge < -0.3 is 19.4 Å². The number of amides is 1.